The number of methoxy groups -OCH3 is 1. The zero-order chi connectivity index (χ0) is 18.0. The Labute approximate surface area is 144 Å². The first-order valence-electron chi connectivity index (χ1n) is 7.71. The van der Waals surface area contributed by atoms with Gasteiger partial charge in [-0.25, -0.2) is 0 Å². The van der Waals surface area contributed by atoms with E-state index in [2.05, 4.69) is 0 Å². The van der Waals surface area contributed by atoms with Crippen LogP contribution in [0.5, 0.6) is 11.5 Å². The van der Waals surface area contributed by atoms with Crippen molar-refractivity contribution in [3.63, 3.8) is 0 Å². The number of aromatic hydroxyl groups is 1. The Bertz CT molecular complexity index is 1000. The fraction of sp³-hybridized carbons (Fsp3) is 0.100. The molecule has 2 aromatic carbocycles. The van der Waals surface area contributed by atoms with Crippen LogP contribution < -0.4 is 10.3 Å². The number of aryl methyl sites for hydroxylation is 1. The molecule has 0 saturated carbocycles. The summed E-state index contributed by atoms with van der Waals surface area (Å²) < 4.78 is 6.44. The average Bonchev–Trinajstić information content (AvgIpc) is 2.61. The summed E-state index contributed by atoms with van der Waals surface area (Å²) in [4.78, 5) is 24.9. The first-order chi connectivity index (χ1) is 12.0. The standard InChI is InChI=1S/C20H17NO4/c1-13-4-3-5-15(10-13)21-12-14(6-9-19(21)23)20(24)17-8-7-16(25-2)11-18(17)22/h3-12,22H,1-2H3. The van der Waals surface area contributed by atoms with E-state index in [1.165, 1.54) is 42.1 Å². The Kier molecular flexibility index (Phi) is 4.39. The quantitative estimate of drug-likeness (QED) is 0.744. The molecule has 0 atom stereocenters. The molecule has 0 unspecified atom stereocenters. The van der Waals surface area contributed by atoms with Crippen LogP contribution in [0.4, 0.5) is 0 Å². The highest BCUT2D eigenvalue weighted by Crippen LogP contribution is 2.25. The summed E-state index contributed by atoms with van der Waals surface area (Å²) in [6.45, 7) is 1.93. The summed E-state index contributed by atoms with van der Waals surface area (Å²) in [5, 5.41) is 10.1. The van der Waals surface area contributed by atoms with Crippen LogP contribution in [0.2, 0.25) is 0 Å². The van der Waals surface area contributed by atoms with Gasteiger partial charge in [-0.2, -0.15) is 0 Å². The van der Waals surface area contributed by atoms with Crippen molar-refractivity contribution in [2.45, 2.75) is 6.92 Å². The van der Waals surface area contributed by atoms with Crippen molar-refractivity contribution in [3.8, 4) is 17.2 Å². The number of carbonyl (C=O) groups excluding carboxylic acids is 1. The number of phenols is 1. The van der Waals surface area contributed by atoms with Gasteiger partial charge in [0.1, 0.15) is 11.5 Å². The van der Waals surface area contributed by atoms with Crippen LogP contribution in [0.1, 0.15) is 21.5 Å². The molecule has 5 nitrogen and oxygen atoms in total. The van der Waals surface area contributed by atoms with Crippen LogP contribution in [0.3, 0.4) is 0 Å². The predicted octanol–water partition coefficient (Wildman–Crippen LogP) is 3.09. The minimum Gasteiger partial charge on any atom is -0.507 e. The minimum atomic E-state index is -0.374. The monoisotopic (exact) mass is 335 g/mol. The van der Waals surface area contributed by atoms with Crippen LogP contribution in [0.25, 0.3) is 5.69 Å². The lowest BCUT2D eigenvalue weighted by Crippen LogP contribution is -2.18. The van der Waals surface area contributed by atoms with Gasteiger partial charge in [0.2, 0.25) is 0 Å². The van der Waals surface area contributed by atoms with Gasteiger partial charge in [-0.05, 0) is 42.8 Å². The number of pyridine rings is 1. The van der Waals surface area contributed by atoms with Crippen molar-refractivity contribution in [2.75, 3.05) is 7.11 Å². The highest BCUT2D eigenvalue weighted by Gasteiger charge is 2.15. The Morgan fingerprint density at radius 3 is 2.56 bits per heavy atom. The zero-order valence-corrected chi connectivity index (χ0v) is 13.9. The molecular weight excluding hydrogens is 318 g/mol. The first-order valence-corrected chi connectivity index (χ1v) is 7.71. The first kappa shape index (κ1) is 16.5. The summed E-state index contributed by atoms with van der Waals surface area (Å²) in [5.41, 5.74) is 1.91. The summed E-state index contributed by atoms with van der Waals surface area (Å²) in [7, 11) is 1.48. The highest BCUT2D eigenvalue weighted by atomic mass is 16.5. The van der Waals surface area contributed by atoms with Crippen molar-refractivity contribution in [3.05, 3.63) is 87.8 Å². The number of aromatic nitrogens is 1. The van der Waals surface area contributed by atoms with E-state index < -0.39 is 0 Å². The van der Waals surface area contributed by atoms with Crippen molar-refractivity contribution in [1.82, 2.24) is 4.57 Å². The van der Waals surface area contributed by atoms with E-state index in [1.54, 1.807) is 12.1 Å². The van der Waals surface area contributed by atoms with E-state index in [4.69, 9.17) is 4.74 Å². The highest BCUT2D eigenvalue weighted by molar-refractivity contribution is 6.10. The van der Waals surface area contributed by atoms with Gasteiger partial charge in [0.25, 0.3) is 5.56 Å². The number of hydrogen-bond acceptors (Lipinski definition) is 4. The number of phenolic OH excluding ortho intramolecular Hbond substituents is 1. The molecule has 0 radical (unpaired) electrons. The van der Waals surface area contributed by atoms with Crippen LogP contribution in [-0.2, 0) is 0 Å². The summed E-state index contributed by atoms with van der Waals surface area (Å²) in [5.74, 6) is -0.0852. The molecule has 5 heteroatoms. The second-order valence-electron chi connectivity index (χ2n) is 5.68. The van der Waals surface area contributed by atoms with Crippen LogP contribution in [0, 0.1) is 6.92 Å². The molecule has 1 aromatic heterocycles. The molecule has 0 bridgehead atoms. The molecule has 3 aromatic rings. The van der Waals surface area contributed by atoms with Crippen LogP contribution in [-0.4, -0.2) is 22.6 Å². The average molecular weight is 335 g/mol. The van der Waals surface area contributed by atoms with Gasteiger partial charge in [0.05, 0.1) is 12.7 Å². The molecule has 0 aliphatic heterocycles. The lowest BCUT2D eigenvalue weighted by Gasteiger charge is -2.10. The normalized spacial score (nSPS) is 10.5. The SMILES string of the molecule is COc1ccc(C(=O)c2ccc(=O)n(-c3cccc(C)c3)c2)c(O)c1. The summed E-state index contributed by atoms with van der Waals surface area (Å²) in [6.07, 6.45) is 1.49. The Hall–Kier alpha value is -3.34. The minimum absolute atomic E-state index is 0.148. The van der Waals surface area contributed by atoms with Crippen LogP contribution >= 0.6 is 0 Å². The Morgan fingerprint density at radius 2 is 1.88 bits per heavy atom. The predicted molar refractivity (Wildman–Crippen MR) is 94.9 cm³/mol. The molecule has 1 heterocycles. The van der Waals surface area contributed by atoms with Gasteiger partial charge >= 0.3 is 0 Å². The number of hydrogen-bond donors (Lipinski definition) is 1. The van der Waals surface area contributed by atoms with Gasteiger partial charge in [-0.1, -0.05) is 12.1 Å². The van der Waals surface area contributed by atoms with E-state index >= 15 is 0 Å². The molecule has 0 spiro atoms. The molecule has 3 rings (SSSR count). The third-order valence-electron chi connectivity index (χ3n) is 3.90. The topological polar surface area (TPSA) is 68.5 Å². The lowest BCUT2D eigenvalue weighted by molar-refractivity contribution is 0.103. The third-order valence-corrected chi connectivity index (χ3v) is 3.90. The van der Waals surface area contributed by atoms with E-state index in [9.17, 15) is 14.7 Å². The van der Waals surface area contributed by atoms with E-state index in [1.807, 2.05) is 25.1 Å². The van der Waals surface area contributed by atoms with Gasteiger partial charge in [-0.3, -0.25) is 14.2 Å². The smallest absolute Gasteiger partial charge is 0.255 e. The number of benzene rings is 2. The molecule has 126 valence electrons. The molecular formula is C20H17NO4. The van der Waals surface area contributed by atoms with Crippen molar-refractivity contribution in [1.29, 1.82) is 0 Å². The molecule has 0 saturated heterocycles. The van der Waals surface area contributed by atoms with Gasteiger partial charge < -0.3 is 9.84 Å². The lowest BCUT2D eigenvalue weighted by atomic mass is 10.0. The van der Waals surface area contributed by atoms with Gasteiger partial charge in [0, 0.05) is 29.6 Å². The maximum Gasteiger partial charge on any atom is 0.255 e. The maximum atomic E-state index is 12.7. The fourth-order valence-electron chi connectivity index (χ4n) is 2.59. The fourth-order valence-corrected chi connectivity index (χ4v) is 2.59. The number of nitrogens with zero attached hydrogens (tertiary/aromatic N) is 1. The zero-order valence-electron chi connectivity index (χ0n) is 13.9. The second kappa shape index (κ2) is 6.65. The molecule has 0 fully saturated rings. The number of carbonyl (C=O) groups is 1. The summed E-state index contributed by atoms with van der Waals surface area (Å²) in [6, 6.07) is 14.7. The van der Waals surface area contributed by atoms with Crippen molar-refractivity contribution in [2.24, 2.45) is 0 Å². The second-order valence-corrected chi connectivity index (χ2v) is 5.68. The number of ether oxygens (including phenoxy) is 1. The maximum absolute atomic E-state index is 12.7. The third kappa shape index (κ3) is 3.30. The van der Waals surface area contributed by atoms with Gasteiger partial charge in [-0.15, -0.1) is 0 Å². The molecule has 25 heavy (non-hydrogen) atoms. The van der Waals surface area contributed by atoms with E-state index in [0.717, 1.165) is 5.56 Å². The molecule has 0 amide bonds. The van der Waals surface area contributed by atoms with Crippen LogP contribution in [0.15, 0.2) is 65.6 Å². The number of ketones is 1. The Balaban J connectivity index is 2.05. The summed E-state index contributed by atoms with van der Waals surface area (Å²) >= 11 is 0. The van der Waals surface area contributed by atoms with E-state index in [0.29, 0.717) is 17.0 Å². The molecule has 0 aliphatic rings. The van der Waals surface area contributed by atoms with Gasteiger partial charge in [0.15, 0.2) is 5.78 Å². The largest absolute Gasteiger partial charge is 0.507 e. The Morgan fingerprint density at radius 1 is 1.08 bits per heavy atom. The van der Waals surface area contributed by atoms with E-state index in [-0.39, 0.29) is 22.7 Å². The van der Waals surface area contributed by atoms with Crippen molar-refractivity contribution < 1.29 is 14.6 Å². The molecule has 0 aliphatic carbocycles. The number of rotatable bonds is 4. The molecule has 1 N–H and O–H groups in total. The van der Waals surface area contributed by atoms with Crippen molar-refractivity contribution >= 4 is 5.78 Å².